The SMILES string of the molecule is C#CC#CC#CC#CC#CC#CC#CC#CC#CC#CC#CC#CC#CC#CC#CC#CC#CC#CC#CC#CC#CC#CC#CC#CC#CC#CC#C.CC(C)(C)OC(=O)Cc1cccc2c1C[C@H](O)CC2. The molecule has 0 unspecified atom stereocenters. The van der Waals surface area contributed by atoms with Gasteiger partial charge in [-0.1, -0.05) is 18.2 Å². The van der Waals surface area contributed by atoms with Crippen molar-refractivity contribution in [3.8, 4) is 321 Å². The van der Waals surface area contributed by atoms with Crippen LogP contribution in [0.1, 0.15) is 43.9 Å². The van der Waals surface area contributed by atoms with Gasteiger partial charge in [0, 0.05) is 213 Å². The highest BCUT2D eigenvalue weighted by molar-refractivity contribution is 5.74. The molecule has 0 heterocycles. The summed E-state index contributed by atoms with van der Waals surface area (Å²) >= 11 is 0. The number of carbonyl (C=O) groups is 1. The minimum atomic E-state index is -0.453. The molecule has 0 radical (unpaired) electrons. The number of carbonyl (C=O) groups excluding carboxylic acids is 1. The Labute approximate surface area is 432 Å². The maximum Gasteiger partial charge on any atom is 0.310 e. The number of aryl methyl sites for hydroxylation is 1. The Balaban J connectivity index is 0.00000115. The zero-order valence-corrected chi connectivity index (χ0v) is 39.1. The summed E-state index contributed by atoms with van der Waals surface area (Å²) in [4.78, 5) is 11.9. The second kappa shape index (κ2) is 42.7. The van der Waals surface area contributed by atoms with Gasteiger partial charge in [0.05, 0.1) is 12.5 Å². The summed E-state index contributed by atoms with van der Waals surface area (Å²) in [5, 5.41) is 9.78. The molecule has 1 aliphatic rings. The maximum atomic E-state index is 11.9. The van der Waals surface area contributed by atoms with Crippen molar-refractivity contribution >= 4 is 5.97 Å². The molecular formula is C70H24O3. The van der Waals surface area contributed by atoms with Crippen molar-refractivity contribution < 1.29 is 14.6 Å². The summed E-state index contributed by atoms with van der Waals surface area (Å²) in [5.41, 5.74) is 2.93. The average molecular weight is 913 g/mol. The number of rotatable bonds is 2. The van der Waals surface area contributed by atoms with Crippen LogP contribution >= 0.6 is 0 Å². The number of hydrogen-bond donors (Lipinski definition) is 1. The molecule has 0 amide bonds. The van der Waals surface area contributed by atoms with Gasteiger partial charge in [-0.2, -0.15) is 0 Å². The van der Waals surface area contributed by atoms with Crippen LogP contribution in [0, 0.1) is 321 Å². The van der Waals surface area contributed by atoms with Crippen molar-refractivity contribution in [2.24, 2.45) is 0 Å². The van der Waals surface area contributed by atoms with Crippen LogP contribution in [0.2, 0.25) is 0 Å². The molecule has 1 atom stereocenters. The Morgan fingerprint density at radius 3 is 0.890 bits per heavy atom. The third-order valence-electron chi connectivity index (χ3n) is 6.52. The molecule has 0 saturated carbocycles. The van der Waals surface area contributed by atoms with Gasteiger partial charge in [-0.25, -0.2) is 0 Å². The average Bonchev–Trinajstić information content (AvgIpc) is 3.36. The van der Waals surface area contributed by atoms with E-state index >= 15 is 0 Å². The number of benzene rings is 1. The lowest BCUT2D eigenvalue weighted by Gasteiger charge is -2.24. The molecule has 0 aliphatic heterocycles. The molecule has 73 heavy (non-hydrogen) atoms. The Hall–Kier alpha value is -13.2. The fraction of sp³-hybridized carbons (Fsp3) is 0.129. The second-order valence-corrected chi connectivity index (χ2v) is 12.8. The number of terminal acetylenes is 2. The Bertz CT molecular complexity index is 3960. The third kappa shape index (κ3) is 38.9. The highest BCUT2D eigenvalue weighted by Gasteiger charge is 2.22. The van der Waals surface area contributed by atoms with Gasteiger partial charge < -0.3 is 9.84 Å². The predicted octanol–water partition coefficient (Wildman–Crippen LogP) is 2.76. The van der Waals surface area contributed by atoms with Crippen LogP contribution in [-0.2, 0) is 28.8 Å². The Morgan fingerprint density at radius 2 is 0.671 bits per heavy atom. The largest absolute Gasteiger partial charge is 0.460 e. The van der Waals surface area contributed by atoms with E-state index in [1.165, 1.54) is 5.56 Å². The summed E-state index contributed by atoms with van der Waals surface area (Å²) in [7, 11) is 0. The van der Waals surface area contributed by atoms with E-state index in [-0.39, 0.29) is 18.5 Å². The second-order valence-electron chi connectivity index (χ2n) is 12.8. The van der Waals surface area contributed by atoms with Crippen molar-refractivity contribution in [2.45, 2.75) is 58.2 Å². The maximum absolute atomic E-state index is 11.9. The first-order valence-corrected chi connectivity index (χ1v) is 20.2. The number of aliphatic hydroxyl groups excluding tert-OH is 1. The topological polar surface area (TPSA) is 46.5 Å². The number of aliphatic hydroxyl groups is 1. The van der Waals surface area contributed by atoms with Gasteiger partial charge >= 0.3 is 5.97 Å². The fourth-order valence-electron chi connectivity index (χ4n) is 4.11. The van der Waals surface area contributed by atoms with Crippen molar-refractivity contribution in [1.82, 2.24) is 0 Å². The molecule has 2 rings (SSSR count). The van der Waals surface area contributed by atoms with Crippen LogP contribution in [0.5, 0.6) is 0 Å². The summed E-state index contributed by atoms with van der Waals surface area (Å²) in [6.45, 7) is 5.61. The molecule has 1 aromatic rings. The molecule has 0 aromatic heterocycles. The summed E-state index contributed by atoms with van der Waals surface area (Å²) in [5.74, 6) is 128. The first-order valence-electron chi connectivity index (χ1n) is 20.2. The van der Waals surface area contributed by atoms with Crippen LogP contribution < -0.4 is 0 Å². The zero-order valence-electron chi connectivity index (χ0n) is 39.1. The molecule has 0 saturated heterocycles. The molecule has 1 aromatic carbocycles. The molecule has 1 aliphatic carbocycles. The minimum Gasteiger partial charge on any atom is -0.460 e. The molecular weight excluding hydrogens is 889 g/mol. The highest BCUT2D eigenvalue weighted by Crippen LogP contribution is 2.25. The number of hydrogen-bond acceptors (Lipinski definition) is 3. The Kier molecular flexibility index (Phi) is 33.8. The van der Waals surface area contributed by atoms with Crippen LogP contribution in [0.4, 0.5) is 0 Å². The number of ether oxygens (including phenoxy) is 1. The minimum absolute atomic E-state index is 0.207. The van der Waals surface area contributed by atoms with Crippen molar-refractivity contribution in [2.75, 3.05) is 0 Å². The lowest BCUT2D eigenvalue weighted by molar-refractivity contribution is -0.153. The van der Waals surface area contributed by atoms with Crippen molar-refractivity contribution in [1.29, 1.82) is 0 Å². The van der Waals surface area contributed by atoms with E-state index in [0.717, 1.165) is 24.0 Å². The number of esters is 1. The van der Waals surface area contributed by atoms with Crippen molar-refractivity contribution in [3.63, 3.8) is 0 Å². The van der Waals surface area contributed by atoms with Gasteiger partial charge in [0.1, 0.15) is 5.60 Å². The van der Waals surface area contributed by atoms with E-state index in [1.54, 1.807) is 0 Å². The van der Waals surface area contributed by atoms with E-state index < -0.39 is 5.60 Å². The molecule has 0 spiro atoms. The first-order chi connectivity index (χ1) is 35.8. The van der Waals surface area contributed by atoms with Gasteiger partial charge in [0.2, 0.25) is 0 Å². The predicted molar refractivity (Wildman–Crippen MR) is 286 cm³/mol. The normalized spacial score (nSPS) is 7.78. The fourth-order valence-corrected chi connectivity index (χ4v) is 4.11. The van der Waals surface area contributed by atoms with Crippen LogP contribution in [0.3, 0.4) is 0 Å². The van der Waals surface area contributed by atoms with E-state index in [0.29, 0.717) is 6.42 Å². The molecule has 3 heteroatoms. The summed E-state index contributed by atoms with van der Waals surface area (Å²) in [6.07, 6.45) is 12.2. The van der Waals surface area contributed by atoms with E-state index in [4.69, 9.17) is 17.6 Å². The van der Waals surface area contributed by atoms with E-state index in [9.17, 15) is 9.90 Å². The molecule has 0 fully saturated rings. The highest BCUT2D eigenvalue weighted by atomic mass is 16.6. The molecule has 3 nitrogen and oxygen atoms in total. The van der Waals surface area contributed by atoms with Gasteiger partial charge in [0.15, 0.2) is 0 Å². The standard InChI is InChI=1S/C54H2.C16H22O3/c1-3-5-7-9-11-13-15-17-19-21-23-25-27-29-31-33-35-37-39-41-43-45-47-49-51-53-54-52-50-48-46-44-42-40-38-36-34-32-30-28-26-24-22-20-18-16-14-12-10-8-6-4-2;1-16(2,3)19-15(18)9-12-6-4-5-11-7-8-13(17)10-14(11)12/h1-2H;4-6,13,17H,7-10H2,1-3H3/t;13-/m.1/s1. The smallest absolute Gasteiger partial charge is 0.310 e. The third-order valence-corrected chi connectivity index (χ3v) is 6.52. The Morgan fingerprint density at radius 1 is 0.438 bits per heavy atom. The van der Waals surface area contributed by atoms with Crippen LogP contribution in [0.25, 0.3) is 0 Å². The van der Waals surface area contributed by atoms with Gasteiger partial charge in [-0.15, -0.1) is 12.8 Å². The monoisotopic (exact) mass is 912 g/mol. The lowest BCUT2D eigenvalue weighted by atomic mass is 9.86. The summed E-state index contributed by atoms with van der Waals surface area (Å²) < 4.78 is 5.36. The van der Waals surface area contributed by atoms with Gasteiger partial charge in [0.25, 0.3) is 0 Å². The molecule has 0 bridgehead atoms. The first kappa shape index (κ1) is 57.8. The van der Waals surface area contributed by atoms with E-state index in [2.05, 4.69) is 314 Å². The van der Waals surface area contributed by atoms with Crippen LogP contribution in [-0.4, -0.2) is 22.8 Å². The molecule has 322 valence electrons. The van der Waals surface area contributed by atoms with E-state index in [1.807, 2.05) is 32.9 Å². The summed E-state index contributed by atoms with van der Waals surface area (Å²) in [6, 6.07) is 6.02. The molecule has 1 N–H and O–H groups in total. The van der Waals surface area contributed by atoms with Crippen LogP contribution in [0.15, 0.2) is 18.2 Å². The zero-order chi connectivity index (χ0) is 52.8. The number of fused-ring (bicyclic) bond motifs is 1. The van der Waals surface area contributed by atoms with Crippen molar-refractivity contribution in [3.05, 3.63) is 34.9 Å². The quantitative estimate of drug-likeness (QED) is 0.368. The van der Waals surface area contributed by atoms with Gasteiger partial charge in [-0.05, 0) is 151 Å². The lowest BCUT2D eigenvalue weighted by Crippen LogP contribution is -2.26. The van der Waals surface area contributed by atoms with Gasteiger partial charge in [-0.3, -0.25) is 4.79 Å².